The highest BCUT2D eigenvalue weighted by Crippen LogP contribution is 2.23. The maximum atomic E-state index is 10.7. The van der Waals surface area contributed by atoms with Gasteiger partial charge in [-0.1, -0.05) is 40.2 Å². The first kappa shape index (κ1) is 10.2. The Labute approximate surface area is 95.7 Å². The highest BCUT2D eigenvalue weighted by molar-refractivity contribution is 9.10. The number of benzene rings is 2. The topological polar surface area (TPSA) is 37.3 Å². The van der Waals surface area contributed by atoms with Gasteiger partial charge in [-0.05, 0) is 28.5 Å². The summed E-state index contributed by atoms with van der Waals surface area (Å²) < 4.78 is 1.00. The normalized spacial score (nSPS) is 10.5. The Bertz CT molecular complexity index is 520. The number of hydrogen-bond acceptors (Lipinski definition) is 1. The van der Waals surface area contributed by atoms with Crippen molar-refractivity contribution in [2.45, 2.75) is 6.42 Å². The first-order valence-corrected chi connectivity index (χ1v) is 5.35. The van der Waals surface area contributed by atoms with E-state index in [-0.39, 0.29) is 6.42 Å². The minimum atomic E-state index is -0.801. The van der Waals surface area contributed by atoms with Crippen molar-refractivity contribution < 1.29 is 9.90 Å². The van der Waals surface area contributed by atoms with E-state index in [1.165, 1.54) is 0 Å². The number of carboxylic acid groups (broad SMARTS) is 1. The van der Waals surface area contributed by atoms with E-state index in [0.29, 0.717) is 0 Å². The Morgan fingerprint density at radius 3 is 2.80 bits per heavy atom. The first-order chi connectivity index (χ1) is 7.16. The van der Waals surface area contributed by atoms with Crippen LogP contribution in [0.15, 0.2) is 40.9 Å². The van der Waals surface area contributed by atoms with Gasteiger partial charge in [0.2, 0.25) is 0 Å². The molecule has 0 amide bonds. The lowest BCUT2D eigenvalue weighted by atomic mass is 10.0. The molecule has 3 heteroatoms. The standard InChI is InChI=1S/C12H9BrO2/c13-10-4-5-11-8(6-10)2-1-3-9(11)7-12(14)15/h1-6H,7H2,(H,14,15). The van der Waals surface area contributed by atoms with Crippen molar-refractivity contribution in [1.29, 1.82) is 0 Å². The van der Waals surface area contributed by atoms with Gasteiger partial charge < -0.3 is 5.11 Å². The monoisotopic (exact) mass is 264 g/mol. The lowest BCUT2D eigenvalue weighted by Crippen LogP contribution is -2.00. The molecule has 0 aliphatic heterocycles. The zero-order chi connectivity index (χ0) is 10.8. The number of rotatable bonds is 2. The quantitative estimate of drug-likeness (QED) is 0.905. The molecule has 76 valence electrons. The molecule has 0 aliphatic rings. The summed E-state index contributed by atoms with van der Waals surface area (Å²) in [6.07, 6.45) is 0.0684. The lowest BCUT2D eigenvalue weighted by molar-refractivity contribution is -0.136. The molecule has 1 N–H and O–H groups in total. The molecule has 0 heterocycles. The van der Waals surface area contributed by atoms with Crippen LogP contribution < -0.4 is 0 Å². The third kappa shape index (κ3) is 2.18. The number of halogens is 1. The minimum absolute atomic E-state index is 0.0684. The molecule has 2 aromatic rings. The molecule has 0 radical (unpaired) electrons. The highest BCUT2D eigenvalue weighted by Gasteiger charge is 2.04. The van der Waals surface area contributed by atoms with Crippen LogP contribution >= 0.6 is 15.9 Å². The Kier molecular flexibility index (Phi) is 2.73. The number of hydrogen-bond donors (Lipinski definition) is 1. The van der Waals surface area contributed by atoms with Crippen LogP contribution in [0.1, 0.15) is 5.56 Å². The fourth-order valence-electron chi connectivity index (χ4n) is 1.64. The van der Waals surface area contributed by atoms with Crippen LogP contribution in [0.25, 0.3) is 10.8 Å². The van der Waals surface area contributed by atoms with Crippen molar-refractivity contribution >= 4 is 32.7 Å². The van der Waals surface area contributed by atoms with Gasteiger partial charge in [0, 0.05) is 4.47 Å². The lowest BCUT2D eigenvalue weighted by Gasteiger charge is -2.04. The van der Waals surface area contributed by atoms with E-state index in [4.69, 9.17) is 5.11 Å². The predicted molar refractivity (Wildman–Crippen MR) is 63.0 cm³/mol. The molecular formula is C12H9BrO2. The van der Waals surface area contributed by atoms with Gasteiger partial charge in [0.15, 0.2) is 0 Å². The highest BCUT2D eigenvalue weighted by atomic mass is 79.9. The van der Waals surface area contributed by atoms with Crippen molar-refractivity contribution in [1.82, 2.24) is 0 Å². The third-order valence-corrected chi connectivity index (χ3v) is 2.77. The van der Waals surface area contributed by atoms with Crippen LogP contribution in [0.2, 0.25) is 0 Å². The van der Waals surface area contributed by atoms with Crippen LogP contribution in [0.3, 0.4) is 0 Å². The maximum Gasteiger partial charge on any atom is 0.307 e. The number of aliphatic carboxylic acids is 1. The second kappa shape index (κ2) is 4.03. The van der Waals surface area contributed by atoms with Crippen LogP contribution in [0.5, 0.6) is 0 Å². The Morgan fingerprint density at radius 2 is 2.07 bits per heavy atom. The third-order valence-electron chi connectivity index (χ3n) is 2.27. The van der Waals surface area contributed by atoms with E-state index < -0.39 is 5.97 Å². The average Bonchev–Trinajstić information content (AvgIpc) is 2.16. The van der Waals surface area contributed by atoms with E-state index in [1.807, 2.05) is 36.4 Å². The zero-order valence-electron chi connectivity index (χ0n) is 7.90. The second-order valence-corrected chi connectivity index (χ2v) is 4.27. The second-order valence-electron chi connectivity index (χ2n) is 3.35. The number of fused-ring (bicyclic) bond motifs is 1. The summed E-state index contributed by atoms with van der Waals surface area (Å²) in [4.78, 5) is 10.7. The number of carboxylic acids is 1. The van der Waals surface area contributed by atoms with Crippen molar-refractivity contribution in [3.8, 4) is 0 Å². The van der Waals surface area contributed by atoms with Crippen molar-refractivity contribution in [2.24, 2.45) is 0 Å². The van der Waals surface area contributed by atoms with Gasteiger partial charge in [-0.25, -0.2) is 0 Å². The van der Waals surface area contributed by atoms with E-state index in [9.17, 15) is 4.79 Å². The van der Waals surface area contributed by atoms with Crippen molar-refractivity contribution in [3.05, 3.63) is 46.4 Å². The molecule has 0 atom stereocenters. The van der Waals surface area contributed by atoms with E-state index in [2.05, 4.69) is 15.9 Å². The van der Waals surface area contributed by atoms with E-state index in [0.717, 1.165) is 20.8 Å². The zero-order valence-corrected chi connectivity index (χ0v) is 9.49. The Balaban J connectivity index is 2.60. The van der Waals surface area contributed by atoms with Crippen LogP contribution in [-0.2, 0) is 11.2 Å². The largest absolute Gasteiger partial charge is 0.481 e. The van der Waals surface area contributed by atoms with Crippen molar-refractivity contribution in [3.63, 3.8) is 0 Å². The summed E-state index contributed by atoms with van der Waals surface area (Å²) >= 11 is 3.39. The molecule has 0 fully saturated rings. The molecule has 0 aliphatic carbocycles. The summed E-state index contributed by atoms with van der Waals surface area (Å²) in [5, 5.41) is 10.8. The molecular weight excluding hydrogens is 256 g/mol. The van der Waals surface area contributed by atoms with Crippen LogP contribution in [0, 0.1) is 0 Å². The fraction of sp³-hybridized carbons (Fsp3) is 0.0833. The average molecular weight is 265 g/mol. The molecule has 0 bridgehead atoms. The Morgan fingerprint density at radius 1 is 1.27 bits per heavy atom. The molecule has 15 heavy (non-hydrogen) atoms. The summed E-state index contributed by atoms with van der Waals surface area (Å²) in [5.74, 6) is -0.801. The minimum Gasteiger partial charge on any atom is -0.481 e. The first-order valence-electron chi connectivity index (χ1n) is 4.56. The van der Waals surface area contributed by atoms with Gasteiger partial charge >= 0.3 is 5.97 Å². The van der Waals surface area contributed by atoms with Gasteiger partial charge in [0.1, 0.15) is 0 Å². The summed E-state index contributed by atoms with van der Waals surface area (Å²) in [7, 11) is 0. The van der Waals surface area contributed by atoms with Crippen LogP contribution in [0.4, 0.5) is 0 Å². The summed E-state index contributed by atoms with van der Waals surface area (Å²) in [5.41, 5.74) is 0.854. The molecule has 0 saturated carbocycles. The molecule has 0 aromatic heterocycles. The predicted octanol–water partition coefficient (Wildman–Crippen LogP) is 3.23. The maximum absolute atomic E-state index is 10.7. The molecule has 2 nitrogen and oxygen atoms in total. The van der Waals surface area contributed by atoms with Gasteiger partial charge in [-0.3, -0.25) is 4.79 Å². The number of carbonyl (C=O) groups is 1. The molecule has 0 spiro atoms. The molecule has 2 aromatic carbocycles. The Hall–Kier alpha value is -1.35. The molecule has 0 saturated heterocycles. The summed E-state index contributed by atoms with van der Waals surface area (Å²) in [6, 6.07) is 11.6. The smallest absolute Gasteiger partial charge is 0.307 e. The molecule has 2 rings (SSSR count). The van der Waals surface area contributed by atoms with Gasteiger partial charge in [0.25, 0.3) is 0 Å². The fourth-order valence-corrected chi connectivity index (χ4v) is 2.02. The van der Waals surface area contributed by atoms with E-state index in [1.54, 1.807) is 0 Å². The van der Waals surface area contributed by atoms with Gasteiger partial charge in [0.05, 0.1) is 6.42 Å². The van der Waals surface area contributed by atoms with Crippen LogP contribution in [-0.4, -0.2) is 11.1 Å². The van der Waals surface area contributed by atoms with Crippen molar-refractivity contribution in [2.75, 3.05) is 0 Å². The SMILES string of the molecule is O=C(O)Cc1cccc2cc(Br)ccc12. The van der Waals surface area contributed by atoms with Gasteiger partial charge in [-0.2, -0.15) is 0 Å². The van der Waals surface area contributed by atoms with Gasteiger partial charge in [-0.15, -0.1) is 0 Å². The summed E-state index contributed by atoms with van der Waals surface area (Å²) in [6.45, 7) is 0. The van der Waals surface area contributed by atoms with E-state index >= 15 is 0 Å². The molecule has 0 unspecified atom stereocenters.